The molecule has 1 rings (SSSR count). The molecule has 1 heterocycles. The van der Waals surface area contributed by atoms with Crippen LogP contribution in [0.4, 0.5) is 0 Å². The van der Waals surface area contributed by atoms with Crippen molar-refractivity contribution in [2.75, 3.05) is 0 Å². The van der Waals surface area contributed by atoms with Crippen molar-refractivity contribution >= 4 is 5.91 Å². The van der Waals surface area contributed by atoms with E-state index < -0.39 is 0 Å². The van der Waals surface area contributed by atoms with Gasteiger partial charge in [0, 0.05) is 19.3 Å². The lowest BCUT2D eigenvalue weighted by atomic mass is 10.0. The number of primary amides is 1. The van der Waals surface area contributed by atoms with Crippen LogP contribution in [0.1, 0.15) is 26.5 Å². The molecule has 1 atom stereocenters. The first-order valence-corrected chi connectivity index (χ1v) is 5.59. The largest absolute Gasteiger partial charge is 0.368 e. The summed E-state index contributed by atoms with van der Waals surface area (Å²) in [7, 11) is 0. The highest BCUT2D eigenvalue weighted by Gasteiger charge is 2.18. The molecule has 1 amide bonds. The molecule has 1 unspecified atom stereocenters. The molecule has 0 spiro atoms. The smallest absolute Gasteiger partial charge is 0.234 e. The molecule has 3 N–H and O–H groups in total. The van der Waals surface area contributed by atoms with E-state index >= 15 is 0 Å². The Labute approximate surface area is 96.0 Å². The Morgan fingerprint density at radius 2 is 2.31 bits per heavy atom. The number of hydrogen-bond donors (Lipinski definition) is 2. The van der Waals surface area contributed by atoms with Gasteiger partial charge in [-0.05, 0) is 18.9 Å². The Balaban J connectivity index is 2.59. The monoisotopic (exact) mass is 224 g/mol. The number of nitrogens with two attached hydrogens (primary N) is 1. The summed E-state index contributed by atoms with van der Waals surface area (Å²) < 4.78 is 1.89. The first kappa shape index (κ1) is 12.7. The number of carbonyl (C=O) groups is 1. The topological polar surface area (TPSA) is 72.9 Å². The van der Waals surface area contributed by atoms with E-state index in [2.05, 4.69) is 10.4 Å². The third-order valence-corrected chi connectivity index (χ3v) is 2.58. The van der Waals surface area contributed by atoms with Crippen LogP contribution in [-0.2, 0) is 17.9 Å². The third kappa shape index (κ3) is 3.06. The van der Waals surface area contributed by atoms with Crippen molar-refractivity contribution in [3.05, 3.63) is 18.0 Å². The molecule has 1 aromatic heterocycles. The lowest BCUT2D eigenvalue weighted by Gasteiger charge is -2.19. The number of nitrogens with one attached hydrogen (secondary N) is 1. The Kier molecular flexibility index (Phi) is 4.49. The minimum atomic E-state index is -0.308. The molecule has 0 fully saturated rings. The maximum absolute atomic E-state index is 11.2. The van der Waals surface area contributed by atoms with Gasteiger partial charge in [0.2, 0.25) is 5.91 Å². The van der Waals surface area contributed by atoms with Gasteiger partial charge in [-0.15, -0.1) is 0 Å². The van der Waals surface area contributed by atoms with Crippen molar-refractivity contribution in [3.8, 4) is 0 Å². The van der Waals surface area contributed by atoms with Gasteiger partial charge in [0.1, 0.15) is 0 Å². The summed E-state index contributed by atoms with van der Waals surface area (Å²) >= 11 is 0. The number of carbonyl (C=O) groups excluding carboxylic acids is 1. The van der Waals surface area contributed by atoms with Crippen LogP contribution >= 0.6 is 0 Å². The third-order valence-electron chi connectivity index (χ3n) is 2.58. The second kappa shape index (κ2) is 5.65. The molecule has 0 aliphatic rings. The van der Waals surface area contributed by atoms with E-state index in [1.54, 1.807) is 6.20 Å². The van der Waals surface area contributed by atoms with E-state index in [0.29, 0.717) is 6.54 Å². The standard InChI is InChI=1S/C11H20N4O/c1-4-15-9(5-6-14-15)7-13-10(8(2)3)11(12)16/h5-6,8,10,13H,4,7H2,1-3H3,(H2,12,16). The van der Waals surface area contributed by atoms with Crippen molar-refractivity contribution in [1.82, 2.24) is 15.1 Å². The fourth-order valence-electron chi connectivity index (χ4n) is 1.67. The number of hydrogen-bond acceptors (Lipinski definition) is 3. The molecule has 0 radical (unpaired) electrons. The van der Waals surface area contributed by atoms with E-state index in [9.17, 15) is 4.79 Å². The maximum atomic E-state index is 11.2. The number of nitrogens with zero attached hydrogens (tertiary/aromatic N) is 2. The fraction of sp³-hybridized carbons (Fsp3) is 0.636. The van der Waals surface area contributed by atoms with Gasteiger partial charge in [0.25, 0.3) is 0 Å². The van der Waals surface area contributed by atoms with Crippen LogP contribution in [0.15, 0.2) is 12.3 Å². The quantitative estimate of drug-likeness (QED) is 0.739. The molecule has 0 aliphatic carbocycles. The van der Waals surface area contributed by atoms with Crippen molar-refractivity contribution in [2.24, 2.45) is 11.7 Å². The molecule has 1 aromatic rings. The number of rotatable bonds is 6. The van der Waals surface area contributed by atoms with Crippen LogP contribution in [0.5, 0.6) is 0 Å². The van der Waals surface area contributed by atoms with Crippen LogP contribution in [-0.4, -0.2) is 21.7 Å². The van der Waals surface area contributed by atoms with E-state index in [1.807, 2.05) is 31.5 Å². The van der Waals surface area contributed by atoms with Crippen LogP contribution in [0, 0.1) is 5.92 Å². The average molecular weight is 224 g/mol. The van der Waals surface area contributed by atoms with Gasteiger partial charge in [-0.1, -0.05) is 13.8 Å². The van der Waals surface area contributed by atoms with E-state index in [4.69, 9.17) is 5.73 Å². The number of amides is 1. The highest BCUT2D eigenvalue weighted by atomic mass is 16.1. The highest BCUT2D eigenvalue weighted by Crippen LogP contribution is 2.04. The molecule has 16 heavy (non-hydrogen) atoms. The number of aryl methyl sites for hydroxylation is 1. The summed E-state index contributed by atoms with van der Waals surface area (Å²) in [5, 5.41) is 7.32. The minimum Gasteiger partial charge on any atom is -0.368 e. The van der Waals surface area contributed by atoms with Gasteiger partial charge >= 0.3 is 0 Å². The molecule has 0 saturated heterocycles. The van der Waals surface area contributed by atoms with Gasteiger partial charge in [-0.3, -0.25) is 14.8 Å². The Bertz CT molecular complexity index is 346. The minimum absolute atomic E-state index is 0.190. The second-order valence-electron chi connectivity index (χ2n) is 4.14. The molecule has 0 aliphatic heterocycles. The van der Waals surface area contributed by atoms with Crippen molar-refractivity contribution in [2.45, 2.75) is 39.9 Å². The summed E-state index contributed by atoms with van der Waals surface area (Å²) in [6.07, 6.45) is 1.76. The summed E-state index contributed by atoms with van der Waals surface area (Å²) in [4.78, 5) is 11.2. The molecular formula is C11H20N4O. The molecule has 90 valence electrons. The SMILES string of the molecule is CCn1nccc1CNC(C(N)=O)C(C)C. The average Bonchev–Trinajstić information content (AvgIpc) is 2.64. The maximum Gasteiger partial charge on any atom is 0.234 e. The lowest BCUT2D eigenvalue weighted by molar-refractivity contribution is -0.121. The van der Waals surface area contributed by atoms with E-state index in [1.165, 1.54) is 0 Å². The zero-order valence-corrected chi connectivity index (χ0v) is 10.1. The van der Waals surface area contributed by atoms with Crippen molar-refractivity contribution in [3.63, 3.8) is 0 Å². The second-order valence-corrected chi connectivity index (χ2v) is 4.14. The summed E-state index contributed by atoms with van der Waals surface area (Å²) in [6, 6.07) is 1.65. The Morgan fingerprint density at radius 3 is 2.81 bits per heavy atom. The zero-order valence-electron chi connectivity index (χ0n) is 10.1. The number of aromatic nitrogens is 2. The summed E-state index contributed by atoms with van der Waals surface area (Å²) in [5.41, 5.74) is 6.39. The Hall–Kier alpha value is -1.36. The normalized spacial score (nSPS) is 13.0. The van der Waals surface area contributed by atoms with Gasteiger partial charge in [-0.25, -0.2) is 0 Å². The molecule has 5 heteroatoms. The first-order valence-electron chi connectivity index (χ1n) is 5.59. The highest BCUT2D eigenvalue weighted by molar-refractivity contribution is 5.80. The molecule has 5 nitrogen and oxygen atoms in total. The zero-order chi connectivity index (χ0) is 12.1. The van der Waals surface area contributed by atoms with Gasteiger partial charge in [-0.2, -0.15) is 5.10 Å². The van der Waals surface area contributed by atoms with Crippen LogP contribution in [0.3, 0.4) is 0 Å². The molecule has 0 saturated carbocycles. The molecule has 0 aromatic carbocycles. The van der Waals surface area contributed by atoms with Crippen LogP contribution in [0.2, 0.25) is 0 Å². The van der Waals surface area contributed by atoms with Gasteiger partial charge in [0.15, 0.2) is 0 Å². The summed E-state index contributed by atoms with van der Waals surface area (Å²) in [5.74, 6) is -0.118. The van der Waals surface area contributed by atoms with Crippen molar-refractivity contribution in [1.29, 1.82) is 0 Å². The first-order chi connectivity index (χ1) is 7.56. The lowest BCUT2D eigenvalue weighted by Crippen LogP contribution is -2.44. The van der Waals surface area contributed by atoms with Crippen LogP contribution < -0.4 is 11.1 Å². The van der Waals surface area contributed by atoms with Gasteiger partial charge in [0.05, 0.1) is 11.7 Å². The predicted octanol–water partition coefficient (Wildman–Crippen LogP) is 0.502. The molecular weight excluding hydrogens is 204 g/mol. The molecule has 0 bridgehead atoms. The Morgan fingerprint density at radius 1 is 1.62 bits per heavy atom. The van der Waals surface area contributed by atoms with E-state index in [-0.39, 0.29) is 17.9 Å². The van der Waals surface area contributed by atoms with E-state index in [0.717, 1.165) is 12.2 Å². The van der Waals surface area contributed by atoms with Crippen molar-refractivity contribution < 1.29 is 4.79 Å². The van der Waals surface area contributed by atoms with Crippen LogP contribution in [0.25, 0.3) is 0 Å². The predicted molar refractivity (Wildman–Crippen MR) is 62.6 cm³/mol. The summed E-state index contributed by atoms with van der Waals surface area (Å²) in [6.45, 7) is 7.41. The fourth-order valence-corrected chi connectivity index (χ4v) is 1.67. The van der Waals surface area contributed by atoms with Gasteiger partial charge < -0.3 is 5.73 Å².